The summed E-state index contributed by atoms with van der Waals surface area (Å²) in [6.07, 6.45) is 9.01. The summed E-state index contributed by atoms with van der Waals surface area (Å²) in [7, 11) is 3.79. The van der Waals surface area contributed by atoms with Crippen molar-refractivity contribution in [3.8, 4) is 0 Å². The molecule has 4 nitrogen and oxygen atoms in total. The lowest BCUT2D eigenvalue weighted by Crippen LogP contribution is -2.29. The number of pyridine rings is 1. The number of aryl methyl sites for hydroxylation is 3. The van der Waals surface area contributed by atoms with E-state index in [0.29, 0.717) is 0 Å². The Morgan fingerprint density at radius 1 is 1.08 bits per heavy atom. The molecule has 3 aromatic rings. The molecule has 190 valence electrons. The molecule has 0 spiro atoms. The van der Waals surface area contributed by atoms with Gasteiger partial charge < -0.3 is 9.80 Å². The summed E-state index contributed by atoms with van der Waals surface area (Å²) in [5.74, 6) is -0.246. The van der Waals surface area contributed by atoms with Gasteiger partial charge in [-0.25, -0.2) is 9.38 Å². The topological polar surface area (TPSA) is 31.7 Å². The standard InChI is InChI=1S/C23H27ClFN3.C7H9N/c1-4-18-14-20(24)6-5-19(18)13-17-9-11-28(12-10-17)16-26-22-8-7-21(25)15-23(22)27(2)3;1-6-4-3-5-8-7(6)2/h5-8,13-16H,4,9-12H2,1-3H3;3-5H,1-2H3. The maximum Gasteiger partial charge on any atom is 0.125 e. The van der Waals surface area contributed by atoms with E-state index >= 15 is 0 Å². The number of halogens is 2. The minimum absolute atomic E-state index is 0.246. The lowest BCUT2D eigenvalue weighted by atomic mass is 9.98. The Bertz CT molecular complexity index is 1190. The molecule has 1 aliphatic heterocycles. The number of rotatable bonds is 5. The molecule has 2 aromatic carbocycles. The van der Waals surface area contributed by atoms with Crippen LogP contribution >= 0.6 is 11.6 Å². The van der Waals surface area contributed by atoms with E-state index in [0.717, 1.165) is 54.4 Å². The minimum Gasteiger partial charge on any atom is -0.376 e. The van der Waals surface area contributed by atoms with Crippen molar-refractivity contribution in [2.24, 2.45) is 4.99 Å². The monoisotopic (exact) mass is 506 g/mol. The van der Waals surface area contributed by atoms with E-state index in [2.05, 4.69) is 53.0 Å². The largest absolute Gasteiger partial charge is 0.376 e. The van der Waals surface area contributed by atoms with Gasteiger partial charge in [-0.2, -0.15) is 0 Å². The van der Waals surface area contributed by atoms with Crippen molar-refractivity contribution >= 4 is 35.4 Å². The second kappa shape index (κ2) is 13.2. The van der Waals surface area contributed by atoms with E-state index in [9.17, 15) is 4.39 Å². The number of aromatic nitrogens is 1. The molecule has 1 aliphatic rings. The highest BCUT2D eigenvalue weighted by Crippen LogP contribution is 2.28. The van der Waals surface area contributed by atoms with Crippen molar-refractivity contribution in [3.05, 3.63) is 93.5 Å². The number of hydrogen-bond donors (Lipinski definition) is 0. The number of likely N-dealkylation sites (tertiary alicyclic amines) is 1. The van der Waals surface area contributed by atoms with Crippen LogP contribution < -0.4 is 4.90 Å². The molecule has 2 heterocycles. The van der Waals surface area contributed by atoms with Gasteiger partial charge in [0.25, 0.3) is 0 Å². The van der Waals surface area contributed by atoms with Crippen LogP contribution in [0.15, 0.2) is 65.3 Å². The fraction of sp³-hybridized carbons (Fsp3) is 0.333. The zero-order valence-corrected chi connectivity index (χ0v) is 22.7. The van der Waals surface area contributed by atoms with Crippen LogP contribution in [0.2, 0.25) is 5.02 Å². The fourth-order valence-corrected chi connectivity index (χ4v) is 4.18. The maximum absolute atomic E-state index is 13.5. The Labute approximate surface area is 220 Å². The first-order valence-corrected chi connectivity index (χ1v) is 12.8. The second-order valence-corrected chi connectivity index (χ2v) is 9.65. The van der Waals surface area contributed by atoms with E-state index in [1.807, 2.05) is 50.6 Å². The van der Waals surface area contributed by atoms with Crippen LogP contribution in [-0.4, -0.2) is 43.4 Å². The van der Waals surface area contributed by atoms with Crippen LogP contribution in [0.5, 0.6) is 0 Å². The van der Waals surface area contributed by atoms with Crippen molar-refractivity contribution in [1.82, 2.24) is 9.88 Å². The predicted octanol–water partition coefficient (Wildman–Crippen LogP) is 7.65. The van der Waals surface area contributed by atoms with E-state index in [1.54, 1.807) is 6.07 Å². The van der Waals surface area contributed by atoms with Crippen LogP contribution in [0.1, 0.15) is 42.1 Å². The van der Waals surface area contributed by atoms with Crippen molar-refractivity contribution in [2.45, 2.75) is 40.0 Å². The summed E-state index contributed by atoms with van der Waals surface area (Å²) >= 11 is 6.12. The van der Waals surface area contributed by atoms with Crippen LogP contribution in [-0.2, 0) is 6.42 Å². The van der Waals surface area contributed by atoms with E-state index < -0.39 is 0 Å². The van der Waals surface area contributed by atoms with Crippen LogP contribution in [0.3, 0.4) is 0 Å². The summed E-state index contributed by atoms with van der Waals surface area (Å²) in [6, 6.07) is 14.8. The predicted molar refractivity (Wildman–Crippen MR) is 152 cm³/mol. The quantitative estimate of drug-likeness (QED) is 0.263. The molecule has 1 aromatic heterocycles. The molecule has 0 radical (unpaired) electrons. The third-order valence-corrected chi connectivity index (χ3v) is 6.57. The average molecular weight is 507 g/mol. The smallest absolute Gasteiger partial charge is 0.125 e. The molecule has 4 rings (SSSR count). The third-order valence-electron chi connectivity index (χ3n) is 6.34. The summed E-state index contributed by atoms with van der Waals surface area (Å²) in [5.41, 5.74) is 7.95. The second-order valence-electron chi connectivity index (χ2n) is 9.21. The number of aliphatic imine (C=N–C) groups is 1. The Balaban J connectivity index is 0.000000383. The van der Waals surface area contributed by atoms with E-state index in [4.69, 9.17) is 11.6 Å². The van der Waals surface area contributed by atoms with E-state index in [1.165, 1.54) is 34.4 Å². The molecular weight excluding hydrogens is 471 g/mol. The zero-order chi connectivity index (χ0) is 26.1. The summed E-state index contributed by atoms with van der Waals surface area (Å²) in [5, 5.41) is 0.794. The van der Waals surface area contributed by atoms with Gasteiger partial charge in [0.2, 0.25) is 0 Å². The van der Waals surface area contributed by atoms with Gasteiger partial charge in [0, 0.05) is 44.1 Å². The highest BCUT2D eigenvalue weighted by atomic mass is 35.5. The lowest BCUT2D eigenvalue weighted by Gasteiger charge is -2.26. The summed E-state index contributed by atoms with van der Waals surface area (Å²) < 4.78 is 13.5. The first-order valence-electron chi connectivity index (χ1n) is 12.4. The molecule has 0 N–H and O–H groups in total. The molecule has 1 saturated heterocycles. The van der Waals surface area contributed by atoms with Crippen molar-refractivity contribution in [2.75, 3.05) is 32.1 Å². The van der Waals surface area contributed by atoms with Gasteiger partial charge in [0.15, 0.2) is 0 Å². The minimum atomic E-state index is -0.246. The number of piperidine rings is 1. The molecule has 36 heavy (non-hydrogen) atoms. The lowest BCUT2D eigenvalue weighted by molar-refractivity contribution is 0.400. The van der Waals surface area contributed by atoms with Gasteiger partial charge >= 0.3 is 0 Å². The molecule has 0 aliphatic carbocycles. The van der Waals surface area contributed by atoms with Gasteiger partial charge in [0.05, 0.1) is 17.7 Å². The normalized spacial score (nSPS) is 13.4. The molecule has 1 fully saturated rings. The fourth-order valence-electron chi connectivity index (χ4n) is 3.98. The molecule has 0 atom stereocenters. The average Bonchev–Trinajstić information content (AvgIpc) is 2.87. The Morgan fingerprint density at radius 2 is 1.83 bits per heavy atom. The van der Waals surface area contributed by atoms with Gasteiger partial charge in [-0.3, -0.25) is 4.98 Å². The molecule has 0 unspecified atom stereocenters. The highest BCUT2D eigenvalue weighted by Gasteiger charge is 2.13. The van der Waals surface area contributed by atoms with Crippen molar-refractivity contribution < 1.29 is 4.39 Å². The number of benzene rings is 2. The zero-order valence-electron chi connectivity index (χ0n) is 21.9. The van der Waals surface area contributed by atoms with Crippen LogP contribution in [0.4, 0.5) is 15.8 Å². The number of nitrogens with zero attached hydrogens (tertiary/aromatic N) is 4. The first-order chi connectivity index (χ1) is 17.3. The third kappa shape index (κ3) is 7.92. The summed E-state index contributed by atoms with van der Waals surface area (Å²) in [6.45, 7) is 8.09. The SMILES string of the molecule is CCc1cc(Cl)ccc1C=C1CCN(C=Nc2ccc(F)cc2N(C)C)CC1.Cc1cccnc1C. The van der Waals surface area contributed by atoms with Gasteiger partial charge in [0.1, 0.15) is 5.82 Å². The van der Waals surface area contributed by atoms with Gasteiger partial charge in [-0.15, -0.1) is 0 Å². The van der Waals surface area contributed by atoms with Crippen molar-refractivity contribution in [3.63, 3.8) is 0 Å². The van der Waals surface area contributed by atoms with Crippen molar-refractivity contribution in [1.29, 1.82) is 0 Å². The number of anilines is 1. The molecule has 0 amide bonds. The Morgan fingerprint density at radius 3 is 2.44 bits per heavy atom. The molecule has 6 heteroatoms. The first kappa shape index (κ1) is 27.4. The van der Waals surface area contributed by atoms with Gasteiger partial charge in [-0.05, 0) is 86.2 Å². The van der Waals surface area contributed by atoms with Crippen LogP contribution in [0, 0.1) is 19.7 Å². The molecule has 0 bridgehead atoms. The molecular formula is C30H36ClFN4. The van der Waals surface area contributed by atoms with Gasteiger partial charge in [-0.1, -0.05) is 42.3 Å². The molecule has 0 saturated carbocycles. The number of hydrogen-bond acceptors (Lipinski definition) is 3. The maximum atomic E-state index is 13.5. The highest BCUT2D eigenvalue weighted by molar-refractivity contribution is 6.30. The Kier molecular flexibility index (Phi) is 10.1. The summed E-state index contributed by atoms with van der Waals surface area (Å²) in [4.78, 5) is 12.8. The van der Waals surface area contributed by atoms with Crippen LogP contribution in [0.25, 0.3) is 6.08 Å². The van der Waals surface area contributed by atoms with E-state index in [-0.39, 0.29) is 5.82 Å². The Hall–Kier alpha value is -3.18.